The Balaban J connectivity index is 2.46. The number of nitrogens with one attached hydrogen (secondary N) is 1. The highest BCUT2D eigenvalue weighted by Gasteiger charge is 2.32. The molecule has 1 aromatic carbocycles. The molecule has 0 spiro atoms. The van der Waals surface area contributed by atoms with E-state index < -0.39 is 11.9 Å². The summed E-state index contributed by atoms with van der Waals surface area (Å²) in [6.45, 7) is 13.1. The molecule has 0 fully saturated rings. The van der Waals surface area contributed by atoms with Gasteiger partial charge in [-0.25, -0.2) is 0 Å². The van der Waals surface area contributed by atoms with E-state index in [9.17, 15) is 18.3 Å². The number of hydrogen-bond acceptors (Lipinski definition) is 3. The fraction of sp³-hybridized carbons (Fsp3) is 0.500. The summed E-state index contributed by atoms with van der Waals surface area (Å²) in [5.41, 5.74) is 1.56. The highest BCUT2D eigenvalue weighted by molar-refractivity contribution is 5.72. The quantitative estimate of drug-likeness (QED) is 0.699. The van der Waals surface area contributed by atoms with E-state index in [1.54, 1.807) is 0 Å². The van der Waals surface area contributed by atoms with Gasteiger partial charge in [0.1, 0.15) is 11.4 Å². The van der Waals surface area contributed by atoms with E-state index >= 15 is 0 Å². The molecule has 0 unspecified atom stereocenters. The van der Waals surface area contributed by atoms with Crippen LogP contribution in [-0.2, 0) is 18.0 Å². The average molecular weight is 394 g/mol. The number of rotatable bonds is 4. The van der Waals surface area contributed by atoms with Gasteiger partial charge in [0, 0.05) is 22.9 Å². The van der Waals surface area contributed by atoms with Crippen LogP contribution in [-0.4, -0.2) is 22.2 Å². The van der Waals surface area contributed by atoms with E-state index in [2.05, 4.69) is 51.8 Å². The Bertz CT molecular complexity index is 814. The van der Waals surface area contributed by atoms with Crippen LogP contribution in [0.2, 0.25) is 0 Å². The molecule has 28 heavy (non-hydrogen) atoms. The molecule has 0 saturated carbocycles. The Morgan fingerprint density at radius 2 is 1.64 bits per heavy atom. The summed E-state index contributed by atoms with van der Waals surface area (Å²) >= 11 is 0. The van der Waals surface area contributed by atoms with Crippen molar-refractivity contribution in [3.05, 3.63) is 47.3 Å². The third-order valence-electron chi connectivity index (χ3n) is 4.47. The van der Waals surface area contributed by atoms with Gasteiger partial charge >= 0.3 is 6.18 Å². The van der Waals surface area contributed by atoms with Crippen molar-refractivity contribution in [2.24, 2.45) is 0 Å². The molecule has 2 rings (SSSR count). The zero-order valence-electron chi connectivity index (χ0n) is 17.3. The van der Waals surface area contributed by atoms with Crippen LogP contribution in [0.25, 0.3) is 11.1 Å². The van der Waals surface area contributed by atoms with Crippen LogP contribution < -0.4 is 5.32 Å². The van der Waals surface area contributed by atoms with Crippen LogP contribution in [0.15, 0.2) is 30.5 Å². The zero-order valence-corrected chi connectivity index (χ0v) is 17.3. The molecule has 2 N–H and O–H groups in total. The molecule has 0 aliphatic heterocycles. The van der Waals surface area contributed by atoms with E-state index in [4.69, 9.17) is 0 Å². The lowest BCUT2D eigenvalue weighted by Crippen LogP contribution is -2.37. The summed E-state index contributed by atoms with van der Waals surface area (Å²) in [5, 5.41) is 14.2. The van der Waals surface area contributed by atoms with Crippen molar-refractivity contribution in [2.75, 3.05) is 6.54 Å². The average Bonchev–Trinajstić information content (AvgIpc) is 2.53. The number of pyridine rings is 1. The van der Waals surface area contributed by atoms with Gasteiger partial charge in [0.2, 0.25) is 0 Å². The van der Waals surface area contributed by atoms with Crippen molar-refractivity contribution in [1.29, 1.82) is 0 Å². The lowest BCUT2D eigenvalue weighted by atomic mass is 9.83. The summed E-state index contributed by atoms with van der Waals surface area (Å²) in [4.78, 5) is 3.53. The molecule has 6 heteroatoms. The van der Waals surface area contributed by atoms with E-state index in [1.165, 1.54) is 12.3 Å². The number of aromatic nitrogens is 1. The Kier molecular flexibility index (Phi) is 6.14. The first-order chi connectivity index (χ1) is 12.7. The number of phenolic OH excluding ortho intramolecular Hbond substituents is 1. The summed E-state index contributed by atoms with van der Waals surface area (Å²) in [6, 6.07) is 6.11. The zero-order chi connectivity index (χ0) is 21.3. The molecule has 1 aromatic heterocycles. The summed E-state index contributed by atoms with van der Waals surface area (Å²) in [7, 11) is 0. The Labute approximate surface area is 165 Å². The number of benzene rings is 1. The molecule has 0 atom stereocenters. The molecule has 0 saturated heterocycles. The minimum atomic E-state index is -4.49. The molecule has 0 aliphatic rings. The Morgan fingerprint density at radius 3 is 2.11 bits per heavy atom. The van der Waals surface area contributed by atoms with Crippen molar-refractivity contribution >= 4 is 0 Å². The predicted molar refractivity (Wildman–Crippen MR) is 106 cm³/mol. The summed E-state index contributed by atoms with van der Waals surface area (Å²) in [5.74, 6) is 0.0882. The molecule has 2 aromatic rings. The van der Waals surface area contributed by atoms with E-state index in [0.717, 1.165) is 17.2 Å². The van der Waals surface area contributed by atoms with E-state index in [-0.39, 0.29) is 16.7 Å². The molecular formula is C22H29F3N2O. The number of hydrogen-bond donors (Lipinski definition) is 2. The number of aromatic hydroxyl groups is 1. The van der Waals surface area contributed by atoms with Gasteiger partial charge in [-0.15, -0.1) is 0 Å². The highest BCUT2D eigenvalue weighted by atomic mass is 19.4. The van der Waals surface area contributed by atoms with Gasteiger partial charge in [-0.1, -0.05) is 32.9 Å². The fourth-order valence-electron chi connectivity index (χ4n) is 2.83. The van der Waals surface area contributed by atoms with Gasteiger partial charge in [-0.05, 0) is 62.4 Å². The van der Waals surface area contributed by atoms with Gasteiger partial charge in [-0.3, -0.25) is 4.98 Å². The van der Waals surface area contributed by atoms with Crippen LogP contribution in [0.5, 0.6) is 5.75 Å². The first-order valence-corrected chi connectivity index (χ1v) is 9.33. The maximum atomic E-state index is 12.8. The second-order valence-corrected chi connectivity index (χ2v) is 9.14. The second kappa shape index (κ2) is 7.74. The lowest BCUT2D eigenvalue weighted by Gasteiger charge is -2.24. The molecular weight excluding hydrogens is 365 g/mol. The normalized spacial score (nSPS) is 13.0. The topological polar surface area (TPSA) is 45.2 Å². The number of nitrogens with zero attached hydrogens (tertiary/aromatic N) is 1. The Morgan fingerprint density at radius 1 is 1.00 bits per heavy atom. The SMILES string of the molecule is CC(C)(C)NCCc1cc(C(C)(C)C)cc(-c2ccc(C(F)(F)F)nc2)c1O. The molecule has 3 nitrogen and oxygen atoms in total. The summed E-state index contributed by atoms with van der Waals surface area (Å²) in [6.07, 6.45) is -2.72. The molecule has 0 radical (unpaired) electrons. The van der Waals surface area contributed by atoms with Gasteiger partial charge in [0.05, 0.1) is 0 Å². The molecule has 154 valence electrons. The molecule has 0 aliphatic carbocycles. The summed E-state index contributed by atoms with van der Waals surface area (Å²) < 4.78 is 38.4. The first-order valence-electron chi connectivity index (χ1n) is 9.33. The van der Waals surface area contributed by atoms with E-state index in [1.807, 2.05) is 12.1 Å². The van der Waals surface area contributed by atoms with Crippen molar-refractivity contribution in [3.8, 4) is 16.9 Å². The monoisotopic (exact) mass is 394 g/mol. The molecule has 1 heterocycles. The van der Waals surface area contributed by atoms with Gasteiger partial charge in [0.25, 0.3) is 0 Å². The van der Waals surface area contributed by atoms with Crippen molar-refractivity contribution < 1.29 is 18.3 Å². The van der Waals surface area contributed by atoms with Gasteiger partial charge in [0.15, 0.2) is 0 Å². The molecule has 0 amide bonds. The Hall–Kier alpha value is -2.08. The maximum Gasteiger partial charge on any atom is 0.433 e. The number of halogens is 3. The smallest absolute Gasteiger partial charge is 0.433 e. The molecule has 0 bridgehead atoms. The highest BCUT2D eigenvalue weighted by Crippen LogP contribution is 2.38. The van der Waals surface area contributed by atoms with E-state index in [0.29, 0.717) is 24.1 Å². The van der Waals surface area contributed by atoms with Crippen molar-refractivity contribution in [2.45, 2.75) is 65.1 Å². The second-order valence-electron chi connectivity index (χ2n) is 9.14. The van der Waals surface area contributed by atoms with Crippen LogP contribution in [0, 0.1) is 0 Å². The number of alkyl halides is 3. The first kappa shape index (κ1) is 22.2. The fourth-order valence-corrected chi connectivity index (χ4v) is 2.83. The van der Waals surface area contributed by atoms with Crippen LogP contribution >= 0.6 is 0 Å². The van der Waals surface area contributed by atoms with Crippen LogP contribution in [0.1, 0.15) is 58.4 Å². The third-order valence-corrected chi connectivity index (χ3v) is 4.47. The van der Waals surface area contributed by atoms with Crippen molar-refractivity contribution in [1.82, 2.24) is 10.3 Å². The van der Waals surface area contributed by atoms with Crippen molar-refractivity contribution in [3.63, 3.8) is 0 Å². The minimum absolute atomic E-state index is 0.0442. The predicted octanol–water partition coefficient (Wildman–Crippen LogP) is 5.70. The van der Waals surface area contributed by atoms with Crippen LogP contribution in [0.4, 0.5) is 13.2 Å². The lowest BCUT2D eigenvalue weighted by molar-refractivity contribution is -0.141. The van der Waals surface area contributed by atoms with Gasteiger partial charge in [-0.2, -0.15) is 13.2 Å². The third kappa shape index (κ3) is 5.71. The largest absolute Gasteiger partial charge is 0.507 e. The number of phenols is 1. The van der Waals surface area contributed by atoms with Gasteiger partial charge < -0.3 is 10.4 Å². The standard InChI is InChI=1S/C22H29F3N2O/c1-20(2,3)16-11-14(9-10-27-21(4,5)6)19(28)17(12-16)15-7-8-18(26-13-15)22(23,24)25/h7-8,11-13,27-28H,9-10H2,1-6H3. The van der Waals surface area contributed by atoms with Crippen LogP contribution in [0.3, 0.4) is 0 Å². The maximum absolute atomic E-state index is 12.8. The minimum Gasteiger partial charge on any atom is -0.507 e.